The van der Waals surface area contributed by atoms with Gasteiger partial charge in [-0.15, -0.1) is 11.3 Å². The smallest absolute Gasteiger partial charge is 0.348 e. The Hall–Kier alpha value is -1.36. The first-order chi connectivity index (χ1) is 7.61. The molecule has 5 heteroatoms. The van der Waals surface area contributed by atoms with Crippen molar-refractivity contribution in [3.8, 4) is 0 Å². The highest BCUT2D eigenvalue weighted by Gasteiger charge is 2.22. The summed E-state index contributed by atoms with van der Waals surface area (Å²) in [6.45, 7) is 2.92. The fourth-order valence-electron chi connectivity index (χ4n) is 1.80. The van der Waals surface area contributed by atoms with Gasteiger partial charge in [0.25, 0.3) is 0 Å². The van der Waals surface area contributed by atoms with Crippen LogP contribution < -0.4 is 0 Å². The predicted molar refractivity (Wildman–Crippen MR) is 60.5 cm³/mol. The highest BCUT2D eigenvalue weighted by atomic mass is 32.1. The number of esters is 1. The number of nitrogens with zero attached hydrogens (tertiary/aromatic N) is 1. The molecule has 1 aromatic rings. The zero-order chi connectivity index (χ0) is 11.7. The quantitative estimate of drug-likeness (QED) is 0.697. The largest absolute Gasteiger partial charge is 0.465 e. The summed E-state index contributed by atoms with van der Waals surface area (Å²) >= 11 is 1.47. The average Bonchev–Trinajstić information content (AvgIpc) is 2.70. The van der Waals surface area contributed by atoms with Crippen LogP contribution in [0.1, 0.15) is 27.0 Å². The zero-order valence-corrected chi connectivity index (χ0v) is 10.1. The minimum absolute atomic E-state index is 0.0801. The molecule has 1 aliphatic rings. The summed E-state index contributed by atoms with van der Waals surface area (Å²) in [6, 6.07) is 1.83. The van der Waals surface area contributed by atoms with Gasteiger partial charge in [0.15, 0.2) is 0 Å². The van der Waals surface area contributed by atoms with Crippen molar-refractivity contribution < 1.29 is 14.3 Å². The summed E-state index contributed by atoms with van der Waals surface area (Å²) in [5.41, 5.74) is 1.08. The second kappa shape index (κ2) is 4.25. The molecule has 0 spiro atoms. The zero-order valence-electron chi connectivity index (χ0n) is 9.28. The van der Waals surface area contributed by atoms with Crippen LogP contribution in [0, 0.1) is 0 Å². The Kier molecular flexibility index (Phi) is 2.96. The molecule has 0 unspecified atom stereocenters. The number of methoxy groups -OCH3 is 1. The lowest BCUT2D eigenvalue weighted by Crippen LogP contribution is -2.33. The van der Waals surface area contributed by atoms with Gasteiger partial charge in [-0.25, -0.2) is 4.79 Å². The summed E-state index contributed by atoms with van der Waals surface area (Å²) in [7, 11) is 1.38. The fourth-order valence-corrected chi connectivity index (χ4v) is 2.88. The highest BCUT2D eigenvalue weighted by Crippen LogP contribution is 2.28. The minimum Gasteiger partial charge on any atom is -0.465 e. The van der Waals surface area contributed by atoms with Crippen LogP contribution in [-0.4, -0.2) is 30.4 Å². The molecule has 0 bridgehead atoms. The second-order valence-corrected chi connectivity index (χ2v) is 4.88. The van der Waals surface area contributed by atoms with Crippen LogP contribution in [-0.2, 0) is 22.5 Å². The van der Waals surface area contributed by atoms with Crippen molar-refractivity contribution in [1.82, 2.24) is 4.90 Å². The van der Waals surface area contributed by atoms with Gasteiger partial charge in [0.05, 0.1) is 7.11 Å². The number of rotatable bonds is 1. The van der Waals surface area contributed by atoms with E-state index in [1.165, 1.54) is 23.3 Å². The van der Waals surface area contributed by atoms with Crippen LogP contribution in [0.4, 0.5) is 0 Å². The van der Waals surface area contributed by atoms with Crippen LogP contribution in [0.15, 0.2) is 6.07 Å². The van der Waals surface area contributed by atoms with E-state index in [4.69, 9.17) is 0 Å². The number of hydrogen-bond acceptors (Lipinski definition) is 4. The number of carbonyl (C=O) groups is 2. The number of fused-ring (bicyclic) bond motifs is 1. The van der Waals surface area contributed by atoms with Gasteiger partial charge < -0.3 is 9.64 Å². The molecule has 0 aromatic carbocycles. The lowest BCUT2D eigenvalue weighted by Gasteiger charge is -2.25. The first-order valence-electron chi connectivity index (χ1n) is 5.07. The van der Waals surface area contributed by atoms with Crippen LogP contribution in [0.2, 0.25) is 0 Å². The Morgan fingerprint density at radius 2 is 2.25 bits per heavy atom. The molecule has 16 heavy (non-hydrogen) atoms. The van der Waals surface area contributed by atoms with Crippen LogP contribution in [0.3, 0.4) is 0 Å². The summed E-state index contributed by atoms with van der Waals surface area (Å²) < 4.78 is 4.68. The van der Waals surface area contributed by atoms with E-state index in [1.54, 1.807) is 11.8 Å². The van der Waals surface area contributed by atoms with E-state index in [9.17, 15) is 9.59 Å². The summed E-state index contributed by atoms with van der Waals surface area (Å²) in [6.07, 6.45) is 0.830. The molecule has 0 aliphatic carbocycles. The van der Waals surface area contributed by atoms with Gasteiger partial charge in [-0.05, 0) is 18.1 Å². The molecule has 1 aliphatic heterocycles. The number of amides is 1. The molecule has 1 aromatic heterocycles. The molecule has 4 nitrogen and oxygen atoms in total. The standard InChI is InChI=1S/C11H13NO3S/c1-7(13)12-4-3-9-8(6-12)5-10(16-9)11(14)15-2/h5H,3-4,6H2,1-2H3. The van der Waals surface area contributed by atoms with E-state index >= 15 is 0 Å². The Labute approximate surface area is 97.8 Å². The van der Waals surface area contributed by atoms with E-state index in [2.05, 4.69) is 4.74 Å². The van der Waals surface area contributed by atoms with Gasteiger partial charge in [0.2, 0.25) is 5.91 Å². The first kappa shape index (κ1) is 11.1. The maximum atomic E-state index is 11.4. The topological polar surface area (TPSA) is 46.6 Å². The molecular weight excluding hydrogens is 226 g/mol. The maximum absolute atomic E-state index is 11.4. The van der Waals surface area contributed by atoms with Gasteiger partial charge >= 0.3 is 5.97 Å². The third-order valence-electron chi connectivity index (χ3n) is 2.70. The summed E-state index contributed by atoms with van der Waals surface area (Å²) in [5.74, 6) is -0.217. The van der Waals surface area contributed by atoms with Crippen molar-refractivity contribution in [2.75, 3.05) is 13.7 Å². The van der Waals surface area contributed by atoms with E-state index in [-0.39, 0.29) is 11.9 Å². The fraction of sp³-hybridized carbons (Fsp3) is 0.455. The summed E-state index contributed by atoms with van der Waals surface area (Å²) in [4.78, 5) is 26.2. The Bertz CT molecular complexity index is 438. The van der Waals surface area contributed by atoms with Crippen molar-refractivity contribution in [3.63, 3.8) is 0 Å². The molecule has 2 heterocycles. The number of hydrogen-bond donors (Lipinski definition) is 0. The van der Waals surface area contributed by atoms with Crippen molar-refractivity contribution >= 4 is 23.2 Å². The third kappa shape index (κ3) is 1.95. The van der Waals surface area contributed by atoms with E-state index in [1.807, 2.05) is 6.07 Å². The van der Waals surface area contributed by atoms with Crippen molar-refractivity contribution in [3.05, 3.63) is 21.4 Å². The Morgan fingerprint density at radius 3 is 2.88 bits per heavy atom. The minimum atomic E-state index is -0.297. The first-order valence-corrected chi connectivity index (χ1v) is 5.89. The normalized spacial score (nSPS) is 14.5. The molecule has 0 fully saturated rings. The van der Waals surface area contributed by atoms with E-state index < -0.39 is 0 Å². The molecule has 0 atom stereocenters. The number of thiophene rings is 1. The van der Waals surface area contributed by atoms with Gasteiger partial charge in [0, 0.05) is 24.9 Å². The molecule has 0 radical (unpaired) electrons. The average molecular weight is 239 g/mol. The molecule has 0 saturated heterocycles. The monoisotopic (exact) mass is 239 g/mol. The molecular formula is C11H13NO3S. The predicted octanol–water partition coefficient (Wildman–Crippen LogP) is 1.44. The Morgan fingerprint density at radius 1 is 1.50 bits per heavy atom. The highest BCUT2D eigenvalue weighted by molar-refractivity contribution is 7.14. The van der Waals surface area contributed by atoms with Crippen molar-refractivity contribution in [2.24, 2.45) is 0 Å². The lowest BCUT2D eigenvalue weighted by molar-refractivity contribution is -0.129. The lowest BCUT2D eigenvalue weighted by atomic mass is 10.1. The molecule has 0 saturated carbocycles. The van der Waals surface area contributed by atoms with E-state index in [0.29, 0.717) is 11.4 Å². The molecule has 2 rings (SSSR count). The van der Waals surface area contributed by atoms with Gasteiger partial charge in [-0.1, -0.05) is 0 Å². The van der Waals surface area contributed by atoms with Crippen LogP contribution >= 0.6 is 11.3 Å². The van der Waals surface area contributed by atoms with E-state index in [0.717, 1.165) is 18.5 Å². The third-order valence-corrected chi connectivity index (χ3v) is 3.92. The maximum Gasteiger partial charge on any atom is 0.348 e. The molecule has 86 valence electrons. The summed E-state index contributed by atoms with van der Waals surface area (Å²) in [5, 5.41) is 0. The molecule has 1 amide bonds. The van der Waals surface area contributed by atoms with Crippen molar-refractivity contribution in [2.45, 2.75) is 19.9 Å². The Balaban J connectivity index is 2.23. The molecule has 0 N–H and O–H groups in total. The van der Waals surface area contributed by atoms with Gasteiger partial charge in [0.1, 0.15) is 4.88 Å². The number of carbonyl (C=O) groups excluding carboxylic acids is 2. The second-order valence-electron chi connectivity index (χ2n) is 3.74. The van der Waals surface area contributed by atoms with Crippen molar-refractivity contribution in [1.29, 1.82) is 0 Å². The van der Waals surface area contributed by atoms with Gasteiger partial charge in [-0.2, -0.15) is 0 Å². The van der Waals surface area contributed by atoms with Crippen LogP contribution in [0.5, 0.6) is 0 Å². The number of ether oxygens (including phenoxy) is 1. The van der Waals surface area contributed by atoms with Crippen LogP contribution in [0.25, 0.3) is 0 Å². The SMILES string of the molecule is COC(=O)c1cc2c(s1)CCN(C(C)=O)C2. The van der Waals surface area contributed by atoms with Gasteiger partial charge in [-0.3, -0.25) is 4.79 Å².